The van der Waals surface area contributed by atoms with Crippen LogP contribution in [0.2, 0.25) is 0 Å². The number of carbonyl (C=O) groups is 1. The van der Waals surface area contributed by atoms with E-state index in [0.717, 1.165) is 37.1 Å². The van der Waals surface area contributed by atoms with Gasteiger partial charge < -0.3 is 10.2 Å². The smallest absolute Gasteiger partial charge is 0.233 e. The lowest BCUT2D eigenvalue weighted by Gasteiger charge is -2.39. The molecule has 20 heavy (non-hydrogen) atoms. The van der Waals surface area contributed by atoms with Gasteiger partial charge in [0.25, 0.3) is 0 Å². The fourth-order valence-corrected chi connectivity index (χ4v) is 3.08. The van der Waals surface area contributed by atoms with Crippen molar-refractivity contribution in [2.24, 2.45) is 0 Å². The minimum absolute atomic E-state index is 0.216. The normalized spacial score (nSPS) is 17.5. The van der Waals surface area contributed by atoms with Crippen molar-refractivity contribution in [2.45, 2.75) is 25.2 Å². The second-order valence-corrected chi connectivity index (χ2v) is 5.82. The number of likely N-dealkylation sites (N-methyl/N-ethyl adjacent to an activating group) is 1. The molecule has 3 heteroatoms. The summed E-state index contributed by atoms with van der Waals surface area (Å²) < 4.78 is 0. The van der Waals surface area contributed by atoms with Crippen LogP contribution in [-0.4, -0.2) is 37.5 Å². The van der Waals surface area contributed by atoms with Gasteiger partial charge in [0.15, 0.2) is 0 Å². The molecule has 1 aliphatic rings. The lowest BCUT2D eigenvalue weighted by atomic mass is 9.72. The van der Waals surface area contributed by atoms with Crippen LogP contribution in [0.15, 0.2) is 42.5 Å². The standard InChI is InChI=1S/C17H24N2O/c1-14(2)13-19(3)16(20)17(9-11-18-12-10-17)15-7-5-4-6-8-15/h4-8,18H,1,9-13H2,2-3H3. The fourth-order valence-electron chi connectivity index (χ4n) is 3.08. The van der Waals surface area contributed by atoms with Gasteiger partial charge in [0.2, 0.25) is 5.91 Å². The van der Waals surface area contributed by atoms with E-state index in [0.29, 0.717) is 6.54 Å². The summed E-state index contributed by atoms with van der Waals surface area (Å²) in [6, 6.07) is 10.2. The van der Waals surface area contributed by atoms with Crippen molar-refractivity contribution in [3.63, 3.8) is 0 Å². The molecular formula is C17H24N2O. The summed E-state index contributed by atoms with van der Waals surface area (Å²) >= 11 is 0. The molecule has 1 fully saturated rings. The average molecular weight is 272 g/mol. The molecule has 2 rings (SSSR count). The van der Waals surface area contributed by atoms with Gasteiger partial charge in [-0.15, -0.1) is 0 Å². The molecule has 3 nitrogen and oxygen atoms in total. The Morgan fingerprint density at radius 2 is 1.90 bits per heavy atom. The number of nitrogens with zero attached hydrogens (tertiary/aromatic N) is 1. The van der Waals surface area contributed by atoms with Gasteiger partial charge in [-0.05, 0) is 38.4 Å². The SMILES string of the molecule is C=C(C)CN(C)C(=O)C1(c2ccccc2)CCNCC1. The Hall–Kier alpha value is -1.61. The molecule has 1 amide bonds. The summed E-state index contributed by atoms with van der Waals surface area (Å²) in [5, 5.41) is 3.36. The molecule has 0 aromatic heterocycles. The van der Waals surface area contributed by atoms with E-state index in [1.165, 1.54) is 0 Å². The molecule has 0 aliphatic carbocycles. The number of piperidine rings is 1. The molecule has 0 unspecified atom stereocenters. The number of nitrogens with one attached hydrogen (secondary N) is 1. The first-order chi connectivity index (χ1) is 9.56. The molecule has 1 saturated heterocycles. The van der Waals surface area contributed by atoms with E-state index in [-0.39, 0.29) is 11.3 Å². The molecule has 0 saturated carbocycles. The predicted molar refractivity (Wildman–Crippen MR) is 82.7 cm³/mol. The molecule has 0 radical (unpaired) electrons. The van der Waals surface area contributed by atoms with Crippen molar-refractivity contribution >= 4 is 5.91 Å². The minimum Gasteiger partial charge on any atom is -0.341 e. The summed E-state index contributed by atoms with van der Waals surface area (Å²) in [5.41, 5.74) is 1.77. The Morgan fingerprint density at radius 3 is 2.45 bits per heavy atom. The fraction of sp³-hybridized carbons (Fsp3) is 0.471. The van der Waals surface area contributed by atoms with Crippen LogP contribution in [0.3, 0.4) is 0 Å². The largest absolute Gasteiger partial charge is 0.341 e. The molecule has 1 aliphatic heterocycles. The summed E-state index contributed by atoms with van der Waals surface area (Å²) in [7, 11) is 1.88. The first-order valence-corrected chi connectivity index (χ1v) is 7.22. The monoisotopic (exact) mass is 272 g/mol. The zero-order valence-electron chi connectivity index (χ0n) is 12.5. The topological polar surface area (TPSA) is 32.3 Å². The molecule has 1 aromatic rings. The number of hydrogen-bond acceptors (Lipinski definition) is 2. The van der Waals surface area contributed by atoms with E-state index >= 15 is 0 Å². The Bertz CT molecular complexity index is 475. The van der Waals surface area contributed by atoms with E-state index in [4.69, 9.17) is 0 Å². The Kier molecular flexibility index (Phi) is 4.61. The number of rotatable bonds is 4. The van der Waals surface area contributed by atoms with Gasteiger partial charge >= 0.3 is 0 Å². The highest BCUT2D eigenvalue weighted by atomic mass is 16.2. The number of amides is 1. The summed E-state index contributed by atoms with van der Waals surface area (Å²) in [6.45, 7) is 8.28. The Labute approximate surface area is 121 Å². The molecular weight excluding hydrogens is 248 g/mol. The zero-order valence-corrected chi connectivity index (χ0v) is 12.5. The van der Waals surface area contributed by atoms with Crippen LogP contribution in [0.25, 0.3) is 0 Å². The van der Waals surface area contributed by atoms with Gasteiger partial charge in [0, 0.05) is 13.6 Å². The van der Waals surface area contributed by atoms with Gasteiger partial charge in [-0.1, -0.05) is 42.5 Å². The van der Waals surface area contributed by atoms with E-state index in [1.54, 1.807) is 0 Å². The van der Waals surface area contributed by atoms with Crippen molar-refractivity contribution in [3.05, 3.63) is 48.0 Å². The molecule has 0 bridgehead atoms. The third-order valence-electron chi connectivity index (χ3n) is 4.05. The molecule has 0 spiro atoms. The summed E-state index contributed by atoms with van der Waals surface area (Å²) in [6.07, 6.45) is 1.72. The van der Waals surface area contributed by atoms with Gasteiger partial charge in [0.05, 0.1) is 5.41 Å². The molecule has 108 valence electrons. The predicted octanol–water partition coefficient (Wildman–Crippen LogP) is 2.34. The maximum absolute atomic E-state index is 13.0. The highest BCUT2D eigenvalue weighted by Gasteiger charge is 2.42. The van der Waals surface area contributed by atoms with Crippen LogP contribution >= 0.6 is 0 Å². The molecule has 1 heterocycles. The maximum Gasteiger partial charge on any atom is 0.233 e. The number of carbonyl (C=O) groups excluding carboxylic acids is 1. The van der Waals surface area contributed by atoms with Crippen LogP contribution in [0, 0.1) is 0 Å². The van der Waals surface area contributed by atoms with Crippen LogP contribution in [0.4, 0.5) is 0 Å². The summed E-state index contributed by atoms with van der Waals surface area (Å²) in [5.74, 6) is 0.216. The van der Waals surface area contributed by atoms with Crippen LogP contribution in [-0.2, 0) is 10.2 Å². The van der Waals surface area contributed by atoms with Crippen molar-refractivity contribution in [2.75, 3.05) is 26.7 Å². The Morgan fingerprint density at radius 1 is 1.30 bits per heavy atom. The van der Waals surface area contributed by atoms with Gasteiger partial charge in [-0.25, -0.2) is 0 Å². The van der Waals surface area contributed by atoms with Crippen LogP contribution in [0.5, 0.6) is 0 Å². The molecule has 1 aromatic carbocycles. The van der Waals surface area contributed by atoms with Gasteiger partial charge in [-0.2, -0.15) is 0 Å². The zero-order chi connectivity index (χ0) is 14.6. The van der Waals surface area contributed by atoms with E-state index in [2.05, 4.69) is 24.0 Å². The quantitative estimate of drug-likeness (QED) is 0.853. The van der Waals surface area contributed by atoms with Gasteiger partial charge in [-0.3, -0.25) is 4.79 Å². The first kappa shape index (κ1) is 14.8. The van der Waals surface area contributed by atoms with E-state index in [1.807, 2.05) is 37.1 Å². The lowest BCUT2D eigenvalue weighted by molar-refractivity contribution is -0.136. The Balaban J connectivity index is 2.32. The number of hydrogen-bond donors (Lipinski definition) is 1. The highest BCUT2D eigenvalue weighted by Crippen LogP contribution is 2.35. The second-order valence-electron chi connectivity index (χ2n) is 5.82. The molecule has 1 N–H and O–H groups in total. The van der Waals surface area contributed by atoms with Crippen LogP contribution < -0.4 is 5.32 Å². The van der Waals surface area contributed by atoms with Crippen molar-refractivity contribution in [1.82, 2.24) is 10.2 Å². The average Bonchev–Trinajstić information content (AvgIpc) is 2.47. The summed E-state index contributed by atoms with van der Waals surface area (Å²) in [4.78, 5) is 14.8. The third-order valence-corrected chi connectivity index (χ3v) is 4.05. The van der Waals surface area contributed by atoms with Crippen molar-refractivity contribution < 1.29 is 4.79 Å². The number of benzene rings is 1. The van der Waals surface area contributed by atoms with Crippen LogP contribution in [0.1, 0.15) is 25.3 Å². The second kappa shape index (κ2) is 6.23. The van der Waals surface area contributed by atoms with E-state index < -0.39 is 0 Å². The van der Waals surface area contributed by atoms with Crippen molar-refractivity contribution in [3.8, 4) is 0 Å². The van der Waals surface area contributed by atoms with Crippen molar-refractivity contribution in [1.29, 1.82) is 0 Å². The third kappa shape index (κ3) is 2.93. The van der Waals surface area contributed by atoms with E-state index in [9.17, 15) is 4.79 Å². The minimum atomic E-state index is -0.378. The maximum atomic E-state index is 13.0. The first-order valence-electron chi connectivity index (χ1n) is 7.22. The van der Waals surface area contributed by atoms with Gasteiger partial charge in [0.1, 0.15) is 0 Å². The highest BCUT2D eigenvalue weighted by molar-refractivity contribution is 5.88. The molecule has 0 atom stereocenters. The lowest BCUT2D eigenvalue weighted by Crippen LogP contribution is -2.51.